The molecule has 0 radical (unpaired) electrons. The van der Waals surface area contributed by atoms with Gasteiger partial charge >= 0.3 is 23.3 Å². The second-order valence-electron chi connectivity index (χ2n) is 0.986. The maximum atomic E-state index is 4.66. The van der Waals surface area contributed by atoms with E-state index < -0.39 is 0 Å². The molecule has 0 aromatic heterocycles. The quantitative estimate of drug-likeness (QED) is 0.390. The fourth-order valence-electron chi connectivity index (χ4n) is 0.167. The van der Waals surface area contributed by atoms with E-state index in [-0.39, 0.29) is 0 Å². The van der Waals surface area contributed by atoms with E-state index in [4.69, 9.17) is 0 Å². The van der Waals surface area contributed by atoms with Crippen molar-refractivity contribution in [2.45, 2.75) is 5.60 Å². The van der Waals surface area contributed by atoms with Crippen molar-refractivity contribution in [1.82, 2.24) is 0 Å². The van der Waals surface area contributed by atoms with Gasteiger partial charge in [-0.15, -0.1) is 0 Å². The van der Waals surface area contributed by atoms with E-state index in [0.717, 1.165) is 0 Å². The van der Waals surface area contributed by atoms with Gasteiger partial charge in [-0.2, -0.15) is 0 Å². The summed E-state index contributed by atoms with van der Waals surface area (Å²) in [6.45, 7) is 1.38. The average molecular weight is 112 g/mol. The molecule has 3 heteroatoms. The molecule has 0 aliphatic heterocycles. The third-order valence-corrected chi connectivity index (χ3v) is 0.492. The molecule has 0 spiro atoms. The molecule has 0 aromatic rings. The Kier molecular flexibility index (Phi) is 22.2. The van der Waals surface area contributed by atoms with Gasteiger partial charge < -0.3 is 9.47 Å². The summed E-state index contributed by atoms with van der Waals surface area (Å²) in [6, 6.07) is 0. The van der Waals surface area contributed by atoms with E-state index in [2.05, 4.69) is 9.47 Å². The van der Waals surface area contributed by atoms with Gasteiger partial charge in [-0.1, -0.05) is 0 Å². The monoisotopic (exact) mass is 112 g/mol. The van der Waals surface area contributed by atoms with Crippen LogP contribution in [0, 0.1) is 0 Å². The van der Waals surface area contributed by atoms with Gasteiger partial charge in [0.15, 0.2) is 0 Å². The molecule has 2 nitrogen and oxygen atoms in total. The van der Waals surface area contributed by atoms with Crippen LogP contribution >= 0.6 is 0 Å². The summed E-state index contributed by atoms with van der Waals surface area (Å²) in [7, 11) is 3.30. The number of hydrogen-bond donors (Lipinski definition) is 0. The second kappa shape index (κ2) is 15.6. The van der Waals surface area contributed by atoms with E-state index in [0.29, 0.717) is 13.2 Å². The van der Waals surface area contributed by atoms with E-state index in [1.165, 1.54) is 0 Å². The van der Waals surface area contributed by atoms with Crippen LogP contribution in [0.5, 0.6) is 0 Å². The Morgan fingerprint density at radius 2 is 1.25 bits per heavy atom. The fourth-order valence-corrected chi connectivity index (χ4v) is 0.167. The van der Waals surface area contributed by atoms with E-state index in [9.17, 15) is 0 Å². The minimum atomic E-state index is 0.691. The molecule has 8 heavy (non-hydrogen) atoms. The first-order valence-corrected chi connectivity index (χ1v) is 2.89. The van der Waals surface area contributed by atoms with Crippen LogP contribution in [0.2, 0.25) is 5.60 Å². The van der Waals surface area contributed by atoms with Crippen molar-refractivity contribution in [3.63, 3.8) is 0 Å². The zero-order valence-electron chi connectivity index (χ0n) is 6.23. The summed E-state index contributed by atoms with van der Waals surface area (Å²) in [5.74, 6) is 0. The molecule has 0 aliphatic rings. The minimum absolute atomic E-state index is 0.691. The summed E-state index contributed by atoms with van der Waals surface area (Å²) >= 11 is 2.00. The molecule has 0 saturated heterocycles. The summed E-state index contributed by atoms with van der Waals surface area (Å²) in [4.78, 5) is 0. The first kappa shape index (κ1) is 11.3. The van der Waals surface area contributed by atoms with Crippen LogP contribution in [0.1, 0.15) is 0 Å². The van der Waals surface area contributed by atoms with Gasteiger partial charge in [0.25, 0.3) is 0 Å². The molecule has 0 bridgehead atoms. The van der Waals surface area contributed by atoms with Crippen LogP contribution in [0.15, 0.2) is 0 Å². The van der Waals surface area contributed by atoms with Crippen LogP contribution in [0.3, 0.4) is 0 Å². The topological polar surface area (TPSA) is 18.5 Å². The SMILES string of the molecule is COCCOC.[Li][CH3]. The Bertz CT molecular complexity index is 22.4. The molecule has 0 fully saturated rings. The predicted molar refractivity (Wildman–Crippen MR) is 35.4 cm³/mol. The molecule has 46 valence electrons. The summed E-state index contributed by atoms with van der Waals surface area (Å²) in [5, 5.41) is 0. The molecule has 0 atom stereocenters. The van der Waals surface area contributed by atoms with Gasteiger partial charge in [-0.25, -0.2) is 0 Å². The zero-order chi connectivity index (χ0) is 6.83. The molecule has 0 aliphatic carbocycles. The second-order valence-corrected chi connectivity index (χ2v) is 0.986. The van der Waals surface area contributed by atoms with Crippen molar-refractivity contribution in [3.05, 3.63) is 0 Å². The van der Waals surface area contributed by atoms with Crippen molar-refractivity contribution in [3.8, 4) is 0 Å². The number of ether oxygens (including phenoxy) is 2. The maximum absolute atomic E-state index is 4.66. The van der Waals surface area contributed by atoms with Crippen LogP contribution in [-0.2, 0) is 9.47 Å². The van der Waals surface area contributed by atoms with Crippen LogP contribution < -0.4 is 0 Å². The van der Waals surface area contributed by atoms with Gasteiger partial charge in [0.1, 0.15) is 0 Å². The summed E-state index contributed by atoms with van der Waals surface area (Å²) in [6.07, 6.45) is 0. The third kappa shape index (κ3) is 16.0. The molecule has 0 amide bonds. The molecule has 0 N–H and O–H groups in total. The van der Waals surface area contributed by atoms with Crippen molar-refractivity contribution < 1.29 is 9.47 Å². The summed E-state index contributed by atoms with van der Waals surface area (Å²) < 4.78 is 9.31. The molecule has 0 aromatic carbocycles. The van der Waals surface area contributed by atoms with E-state index in [1.54, 1.807) is 14.2 Å². The van der Waals surface area contributed by atoms with Crippen LogP contribution in [-0.4, -0.2) is 45.1 Å². The molecular formula is C5H13LiO2. The Balaban J connectivity index is 0. The van der Waals surface area contributed by atoms with Crippen LogP contribution in [0.25, 0.3) is 0 Å². The fraction of sp³-hybridized carbons (Fsp3) is 1.00. The normalized spacial score (nSPS) is 7.62. The number of rotatable bonds is 3. The van der Waals surface area contributed by atoms with Gasteiger partial charge in [0.2, 0.25) is 0 Å². The van der Waals surface area contributed by atoms with Crippen LogP contribution in [0.4, 0.5) is 0 Å². The molecule has 0 rings (SSSR count). The number of hydrogen-bond acceptors (Lipinski definition) is 2. The molecule has 0 heterocycles. The Labute approximate surface area is 60.8 Å². The van der Waals surface area contributed by atoms with Gasteiger partial charge in [0.05, 0.1) is 13.2 Å². The van der Waals surface area contributed by atoms with E-state index in [1.807, 2.05) is 23.3 Å². The van der Waals surface area contributed by atoms with Gasteiger partial charge in [-0.3, -0.25) is 0 Å². The Morgan fingerprint density at radius 3 is 1.38 bits per heavy atom. The van der Waals surface area contributed by atoms with Crippen molar-refractivity contribution in [2.75, 3.05) is 27.4 Å². The molecule has 0 saturated carbocycles. The molecule has 0 unspecified atom stereocenters. The Morgan fingerprint density at radius 1 is 1.00 bits per heavy atom. The van der Waals surface area contributed by atoms with E-state index >= 15 is 0 Å². The predicted octanol–water partition coefficient (Wildman–Crippen LogP) is 0.482. The number of methoxy groups -OCH3 is 2. The van der Waals surface area contributed by atoms with Gasteiger partial charge in [0, 0.05) is 14.2 Å². The van der Waals surface area contributed by atoms with Crippen molar-refractivity contribution in [1.29, 1.82) is 0 Å². The molecular weight excluding hydrogens is 99.0 g/mol. The first-order valence-electron chi connectivity index (χ1n) is 2.89. The zero-order valence-corrected chi connectivity index (χ0v) is 6.23. The third-order valence-electron chi connectivity index (χ3n) is 0.492. The standard InChI is InChI=1S/C4H10O2.CH3.Li/c1-5-3-4-6-2;;/h3-4H2,1-2H3;1H3;. The first-order chi connectivity index (χ1) is 3.91. The average Bonchev–Trinajstić information content (AvgIpc) is 1.88. The van der Waals surface area contributed by atoms with Gasteiger partial charge in [-0.05, 0) is 0 Å². The summed E-state index contributed by atoms with van der Waals surface area (Å²) in [5.41, 5.74) is 2.00. The van der Waals surface area contributed by atoms with Crippen molar-refractivity contribution >= 4 is 17.7 Å². The van der Waals surface area contributed by atoms with Crippen molar-refractivity contribution in [2.24, 2.45) is 0 Å². The Hall–Kier alpha value is 0.517.